The van der Waals surface area contributed by atoms with Gasteiger partial charge in [-0.05, 0) is 72.2 Å². The van der Waals surface area contributed by atoms with E-state index in [-0.39, 0.29) is 6.10 Å². The first kappa shape index (κ1) is 13.9. The zero-order valence-corrected chi connectivity index (χ0v) is 12.9. The fraction of sp³-hybridized carbons (Fsp3) is 0.600. The second kappa shape index (κ2) is 5.62. The minimum absolute atomic E-state index is 0.342. The average molecular weight is 313 g/mol. The Morgan fingerprint density at radius 2 is 1.89 bits per heavy atom. The highest BCUT2D eigenvalue weighted by Crippen LogP contribution is 2.41. The van der Waals surface area contributed by atoms with E-state index in [1.54, 1.807) is 7.11 Å². The standard InChI is InChI=1S/C15H21BrO2/c1-9(17)8-13-10(2)11-6-4-5-7-12(11)14(16)15(13)18-3/h9,17H,4-8H2,1-3H3. The Kier molecular flexibility index (Phi) is 4.33. The van der Waals surface area contributed by atoms with Gasteiger partial charge >= 0.3 is 0 Å². The van der Waals surface area contributed by atoms with E-state index in [1.807, 2.05) is 6.92 Å². The first-order valence-corrected chi connectivity index (χ1v) is 7.40. The van der Waals surface area contributed by atoms with E-state index < -0.39 is 0 Å². The average Bonchev–Trinajstić information content (AvgIpc) is 2.36. The van der Waals surface area contributed by atoms with Gasteiger partial charge in [-0.15, -0.1) is 0 Å². The number of halogens is 1. The number of ether oxygens (including phenoxy) is 1. The normalized spacial score (nSPS) is 16.3. The van der Waals surface area contributed by atoms with Crippen molar-refractivity contribution >= 4 is 15.9 Å². The minimum Gasteiger partial charge on any atom is -0.495 e. The van der Waals surface area contributed by atoms with Crippen molar-refractivity contribution in [1.82, 2.24) is 0 Å². The van der Waals surface area contributed by atoms with Gasteiger partial charge in [0.05, 0.1) is 17.7 Å². The summed E-state index contributed by atoms with van der Waals surface area (Å²) in [6, 6.07) is 0. The number of fused-ring (bicyclic) bond motifs is 1. The van der Waals surface area contributed by atoms with Crippen LogP contribution in [0.5, 0.6) is 5.75 Å². The van der Waals surface area contributed by atoms with E-state index in [0.29, 0.717) is 6.42 Å². The molecule has 0 aromatic heterocycles. The SMILES string of the molecule is COc1c(Br)c2c(c(C)c1CC(C)O)CCCC2. The van der Waals surface area contributed by atoms with Gasteiger partial charge < -0.3 is 9.84 Å². The Hall–Kier alpha value is -0.540. The van der Waals surface area contributed by atoms with Gasteiger partial charge in [0.2, 0.25) is 0 Å². The largest absolute Gasteiger partial charge is 0.495 e. The van der Waals surface area contributed by atoms with Gasteiger partial charge in [0, 0.05) is 12.0 Å². The predicted molar refractivity (Wildman–Crippen MR) is 77.5 cm³/mol. The number of rotatable bonds is 3. The van der Waals surface area contributed by atoms with E-state index in [2.05, 4.69) is 22.9 Å². The summed E-state index contributed by atoms with van der Waals surface area (Å²) in [7, 11) is 1.71. The zero-order chi connectivity index (χ0) is 13.3. The first-order chi connectivity index (χ1) is 8.56. The molecule has 0 radical (unpaired) electrons. The molecule has 1 atom stereocenters. The Morgan fingerprint density at radius 1 is 1.28 bits per heavy atom. The Balaban J connectivity index is 2.60. The predicted octanol–water partition coefficient (Wildman–Crippen LogP) is 3.57. The third-order valence-electron chi connectivity index (χ3n) is 3.82. The maximum Gasteiger partial charge on any atom is 0.136 e. The Labute approximate surface area is 117 Å². The van der Waals surface area contributed by atoms with Crippen LogP contribution in [0.4, 0.5) is 0 Å². The van der Waals surface area contributed by atoms with Crippen molar-refractivity contribution in [3.8, 4) is 5.75 Å². The van der Waals surface area contributed by atoms with Gasteiger partial charge in [-0.2, -0.15) is 0 Å². The first-order valence-electron chi connectivity index (χ1n) is 6.61. The second-order valence-corrected chi connectivity index (χ2v) is 5.96. The van der Waals surface area contributed by atoms with Crippen molar-refractivity contribution in [2.45, 2.75) is 52.1 Å². The van der Waals surface area contributed by atoms with Gasteiger partial charge in [0.1, 0.15) is 5.75 Å². The molecule has 0 spiro atoms. The van der Waals surface area contributed by atoms with Crippen LogP contribution in [0.1, 0.15) is 42.0 Å². The van der Waals surface area contributed by atoms with Crippen LogP contribution < -0.4 is 4.74 Å². The summed E-state index contributed by atoms with van der Waals surface area (Å²) in [5.74, 6) is 0.911. The summed E-state index contributed by atoms with van der Waals surface area (Å²) in [6.07, 6.45) is 5.11. The van der Waals surface area contributed by atoms with Gasteiger partial charge in [-0.25, -0.2) is 0 Å². The lowest BCUT2D eigenvalue weighted by Crippen LogP contribution is -2.13. The molecular formula is C15H21BrO2. The minimum atomic E-state index is -0.342. The lowest BCUT2D eigenvalue weighted by molar-refractivity contribution is 0.194. The van der Waals surface area contributed by atoms with E-state index in [9.17, 15) is 5.11 Å². The van der Waals surface area contributed by atoms with Crippen molar-refractivity contribution in [3.05, 3.63) is 26.7 Å². The molecule has 0 fully saturated rings. The van der Waals surface area contributed by atoms with Gasteiger partial charge in [0.25, 0.3) is 0 Å². The fourth-order valence-electron chi connectivity index (χ4n) is 2.94. The lowest BCUT2D eigenvalue weighted by Gasteiger charge is -2.25. The molecule has 1 aromatic carbocycles. The van der Waals surface area contributed by atoms with Gasteiger partial charge in [-0.3, -0.25) is 0 Å². The molecule has 0 saturated heterocycles. The summed E-state index contributed by atoms with van der Waals surface area (Å²) in [5.41, 5.74) is 5.33. The van der Waals surface area contributed by atoms with Crippen molar-refractivity contribution in [1.29, 1.82) is 0 Å². The Morgan fingerprint density at radius 3 is 2.44 bits per heavy atom. The molecule has 2 nitrogen and oxygen atoms in total. The van der Waals surface area contributed by atoms with Crippen molar-refractivity contribution in [2.24, 2.45) is 0 Å². The van der Waals surface area contributed by atoms with Gasteiger partial charge in [0.15, 0.2) is 0 Å². The number of methoxy groups -OCH3 is 1. The maximum atomic E-state index is 9.67. The zero-order valence-electron chi connectivity index (χ0n) is 11.3. The van der Waals surface area contributed by atoms with Crippen molar-refractivity contribution in [3.63, 3.8) is 0 Å². The van der Waals surface area contributed by atoms with Gasteiger partial charge in [-0.1, -0.05) is 0 Å². The molecule has 1 aromatic rings. The molecule has 100 valence electrons. The number of benzene rings is 1. The number of aliphatic hydroxyl groups excluding tert-OH is 1. The Bertz CT molecular complexity index is 453. The highest BCUT2D eigenvalue weighted by atomic mass is 79.9. The fourth-order valence-corrected chi connectivity index (χ4v) is 3.78. The van der Waals surface area contributed by atoms with Crippen LogP contribution in [-0.4, -0.2) is 18.3 Å². The van der Waals surface area contributed by atoms with Crippen LogP contribution in [0, 0.1) is 6.92 Å². The highest BCUT2D eigenvalue weighted by Gasteiger charge is 2.23. The smallest absolute Gasteiger partial charge is 0.136 e. The molecule has 1 unspecified atom stereocenters. The third-order valence-corrected chi connectivity index (χ3v) is 4.65. The molecule has 0 heterocycles. The van der Waals surface area contributed by atoms with Crippen LogP contribution in [0.3, 0.4) is 0 Å². The van der Waals surface area contributed by atoms with Crippen molar-refractivity contribution in [2.75, 3.05) is 7.11 Å². The number of hydrogen-bond acceptors (Lipinski definition) is 2. The maximum absolute atomic E-state index is 9.67. The molecule has 3 heteroatoms. The molecule has 1 N–H and O–H groups in total. The molecule has 0 bridgehead atoms. The molecule has 0 aliphatic heterocycles. The third kappa shape index (κ3) is 2.43. The van der Waals surface area contributed by atoms with Crippen molar-refractivity contribution < 1.29 is 9.84 Å². The summed E-state index contributed by atoms with van der Waals surface area (Å²) < 4.78 is 6.66. The summed E-state index contributed by atoms with van der Waals surface area (Å²) in [6.45, 7) is 3.99. The molecule has 18 heavy (non-hydrogen) atoms. The van der Waals surface area contributed by atoms with E-state index in [4.69, 9.17) is 4.74 Å². The van der Waals surface area contributed by atoms with Crippen LogP contribution in [0.15, 0.2) is 4.47 Å². The number of aliphatic hydroxyl groups is 1. The van der Waals surface area contributed by atoms with E-state index in [1.165, 1.54) is 29.5 Å². The monoisotopic (exact) mass is 312 g/mol. The molecule has 1 aliphatic rings. The van der Waals surface area contributed by atoms with E-state index >= 15 is 0 Å². The molecule has 0 amide bonds. The summed E-state index contributed by atoms with van der Waals surface area (Å²) in [4.78, 5) is 0. The van der Waals surface area contributed by atoms with Crippen LogP contribution in [0.25, 0.3) is 0 Å². The lowest BCUT2D eigenvalue weighted by atomic mass is 9.85. The second-order valence-electron chi connectivity index (χ2n) is 5.17. The molecule has 0 saturated carbocycles. The molecule has 2 rings (SSSR count). The molecule has 1 aliphatic carbocycles. The van der Waals surface area contributed by atoms with E-state index in [0.717, 1.165) is 28.6 Å². The van der Waals surface area contributed by atoms with Crippen LogP contribution in [-0.2, 0) is 19.3 Å². The topological polar surface area (TPSA) is 29.5 Å². The van der Waals surface area contributed by atoms with Crippen LogP contribution >= 0.6 is 15.9 Å². The summed E-state index contributed by atoms with van der Waals surface area (Å²) >= 11 is 3.70. The summed E-state index contributed by atoms with van der Waals surface area (Å²) in [5, 5.41) is 9.67. The molecular weight excluding hydrogens is 292 g/mol. The quantitative estimate of drug-likeness (QED) is 0.924. The number of hydrogen-bond donors (Lipinski definition) is 1. The highest BCUT2D eigenvalue weighted by molar-refractivity contribution is 9.10. The van der Waals surface area contributed by atoms with Crippen LogP contribution in [0.2, 0.25) is 0 Å².